The fourth-order valence-corrected chi connectivity index (χ4v) is 3.23. The van der Waals surface area contributed by atoms with Crippen LogP contribution in [0.15, 0.2) is 0 Å². The van der Waals surface area contributed by atoms with Gasteiger partial charge in [0, 0.05) is 26.7 Å². The van der Waals surface area contributed by atoms with Gasteiger partial charge in [-0.1, -0.05) is 25.7 Å². The highest BCUT2D eigenvalue weighted by Crippen LogP contribution is 2.31. The lowest BCUT2D eigenvalue weighted by Crippen LogP contribution is -2.44. The molecule has 0 spiro atoms. The molecule has 1 N–H and O–H groups in total. The second kappa shape index (κ2) is 6.89. The number of amides is 2. The molecule has 1 aliphatic carbocycles. The van der Waals surface area contributed by atoms with Crippen LogP contribution in [0.4, 0.5) is 0 Å². The zero-order valence-corrected chi connectivity index (χ0v) is 11.8. The molecule has 1 saturated carbocycles. The molecule has 5 nitrogen and oxygen atoms in total. The van der Waals surface area contributed by atoms with Crippen LogP contribution in [0.3, 0.4) is 0 Å². The molecule has 2 rings (SSSR count). The van der Waals surface area contributed by atoms with E-state index in [-0.39, 0.29) is 11.8 Å². The van der Waals surface area contributed by atoms with Gasteiger partial charge in [-0.25, -0.2) is 5.43 Å². The number of nitrogens with one attached hydrogen (secondary N) is 1. The van der Waals surface area contributed by atoms with Gasteiger partial charge in [0.2, 0.25) is 12.3 Å². The van der Waals surface area contributed by atoms with Gasteiger partial charge in [0.25, 0.3) is 0 Å². The first kappa shape index (κ1) is 14.3. The Kier molecular flexibility index (Phi) is 5.19. The summed E-state index contributed by atoms with van der Waals surface area (Å²) in [5, 5.41) is 1.75. The summed E-state index contributed by atoms with van der Waals surface area (Å²) in [6.45, 7) is 2.22. The topological polar surface area (TPSA) is 52.7 Å². The van der Waals surface area contributed by atoms with Crippen molar-refractivity contribution in [2.24, 2.45) is 11.8 Å². The lowest BCUT2D eigenvalue weighted by Gasteiger charge is -2.27. The number of hydrazine groups is 1. The van der Waals surface area contributed by atoms with Crippen LogP contribution in [0, 0.1) is 11.8 Å². The van der Waals surface area contributed by atoms with Gasteiger partial charge in [-0.2, -0.15) is 0 Å². The molecule has 5 heteroatoms. The van der Waals surface area contributed by atoms with Gasteiger partial charge in [0.15, 0.2) is 0 Å². The average molecular weight is 267 g/mol. The minimum absolute atomic E-state index is 0.0519. The van der Waals surface area contributed by atoms with Gasteiger partial charge < -0.3 is 4.90 Å². The molecule has 0 aromatic heterocycles. The molecular formula is C14H25N3O2. The van der Waals surface area contributed by atoms with Crippen LogP contribution >= 0.6 is 0 Å². The Morgan fingerprint density at radius 3 is 2.74 bits per heavy atom. The van der Waals surface area contributed by atoms with Crippen molar-refractivity contribution in [3.8, 4) is 0 Å². The van der Waals surface area contributed by atoms with Gasteiger partial charge in [-0.3, -0.25) is 14.6 Å². The number of hydrogen-bond donors (Lipinski definition) is 1. The molecule has 2 amide bonds. The third-order valence-electron chi connectivity index (χ3n) is 4.26. The van der Waals surface area contributed by atoms with E-state index in [1.807, 2.05) is 0 Å². The normalized spacial score (nSPS) is 21.6. The smallest absolute Gasteiger partial charge is 0.241 e. The van der Waals surface area contributed by atoms with E-state index in [9.17, 15) is 9.59 Å². The zero-order valence-electron chi connectivity index (χ0n) is 11.8. The molecule has 0 aromatic rings. The average Bonchev–Trinajstić information content (AvgIpc) is 3.09. The van der Waals surface area contributed by atoms with Crippen LogP contribution < -0.4 is 5.43 Å². The third-order valence-corrected chi connectivity index (χ3v) is 4.26. The van der Waals surface area contributed by atoms with E-state index in [2.05, 4.69) is 5.43 Å². The quantitative estimate of drug-likeness (QED) is 0.731. The predicted molar refractivity (Wildman–Crippen MR) is 73.1 cm³/mol. The molecule has 1 heterocycles. The Labute approximate surface area is 115 Å². The van der Waals surface area contributed by atoms with E-state index in [0.717, 1.165) is 32.3 Å². The molecule has 108 valence electrons. The van der Waals surface area contributed by atoms with Crippen molar-refractivity contribution in [3.05, 3.63) is 0 Å². The van der Waals surface area contributed by atoms with E-state index in [1.165, 1.54) is 25.7 Å². The Morgan fingerprint density at radius 2 is 2.16 bits per heavy atom. The first-order valence-corrected chi connectivity index (χ1v) is 7.41. The van der Waals surface area contributed by atoms with Gasteiger partial charge >= 0.3 is 0 Å². The lowest BCUT2D eigenvalue weighted by molar-refractivity contribution is -0.138. The second-order valence-corrected chi connectivity index (χ2v) is 5.88. The molecule has 1 atom stereocenters. The number of carbonyl (C=O) groups excluding carboxylic acids is 2. The van der Waals surface area contributed by atoms with Crippen molar-refractivity contribution < 1.29 is 9.59 Å². The van der Waals surface area contributed by atoms with Crippen molar-refractivity contribution in [2.45, 2.75) is 38.5 Å². The molecular weight excluding hydrogens is 242 g/mol. The Bertz CT molecular complexity index is 310. The fraction of sp³-hybridized carbons (Fsp3) is 0.857. The van der Waals surface area contributed by atoms with Gasteiger partial charge in [-0.05, 0) is 18.8 Å². The standard InChI is InChI=1S/C14H25N3O2/c1-16(11-18)10-13(9-12-5-2-3-6-12)14(19)17-8-4-7-15-17/h11-13,15H,2-10H2,1H3/t13-/m1/s1. The SMILES string of the molecule is CN(C=O)C[C@@H](CC1CCCC1)C(=O)N1CCCN1. The first-order valence-electron chi connectivity index (χ1n) is 7.41. The van der Waals surface area contributed by atoms with Gasteiger partial charge in [-0.15, -0.1) is 0 Å². The molecule has 0 radical (unpaired) electrons. The van der Waals surface area contributed by atoms with Gasteiger partial charge in [0.05, 0.1) is 5.92 Å². The van der Waals surface area contributed by atoms with Crippen LogP contribution in [0.1, 0.15) is 38.5 Å². The summed E-state index contributed by atoms with van der Waals surface area (Å²) in [5.41, 5.74) is 3.13. The molecule has 2 fully saturated rings. The summed E-state index contributed by atoms with van der Waals surface area (Å²) < 4.78 is 0. The van der Waals surface area contributed by atoms with E-state index in [0.29, 0.717) is 12.5 Å². The Hall–Kier alpha value is -1.10. The fourth-order valence-electron chi connectivity index (χ4n) is 3.23. The number of rotatable bonds is 6. The molecule has 2 aliphatic rings. The summed E-state index contributed by atoms with van der Waals surface area (Å²) in [5.74, 6) is 0.776. The van der Waals surface area contributed by atoms with Crippen LogP contribution in [0.2, 0.25) is 0 Å². The van der Waals surface area contributed by atoms with E-state index in [4.69, 9.17) is 0 Å². The van der Waals surface area contributed by atoms with Crippen molar-refractivity contribution in [3.63, 3.8) is 0 Å². The van der Waals surface area contributed by atoms with Gasteiger partial charge in [0.1, 0.15) is 0 Å². The summed E-state index contributed by atoms with van der Waals surface area (Å²) >= 11 is 0. The maximum atomic E-state index is 12.5. The highest BCUT2D eigenvalue weighted by Gasteiger charge is 2.30. The Morgan fingerprint density at radius 1 is 1.42 bits per heavy atom. The molecule has 0 bridgehead atoms. The minimum Gasteiger partial charge on any atom is -0.348 e. The molecule has 1 aliphatic heterocycles. The summed E-state index contributed by atoms with van der Waals surface area (Å²) in [7, 11) is 1.75. The number of carbonyl (C=O) groups is 2. The maximum Gasteiger partial charge on any atom is 0.241 e. The summed E-state index contributed by atoms with van der Waals surface area (Å²) in [6.07, 6.45) is 7.81. The largest absolute Gasteiger partial charge is 0.348 e. The molecule has 1 saturated heterocycles. The number of nitrogens with zero attached hydrogens (tertiary/aromatic N) is 2. The molecule has 19 heavy (non-hydrogen) atoms. The maximum absolute atomic E-state index is 12.5. The van der Waals surface area contributed by atoms with E-state index >= 15 is 0 Å². The van der Waals surface area contributed by atoms with Crippen LogP contribution in [0.25, 0.3) is 0 Å². The number of hydrogen-bond acceptors (Lipinski definition) is 3. The molecule has 0 aromatic carbocycles. The minimum atomic E-state index is -0.0519. The highest BCUT2D eigenvalue weighted by atomic mass is 16.2. The Balaban J connectivity index is 1.94. The third kappa shape index (κ3) is 3.93. The zero-order chi connectivity index (χ0) is 13.7. The van der Waals surface area contributed by atoms with E-state index < -0.39 is 0 Å². The molecule has 0 unspecified atom stereocenters. The van der Waals surface area contributed by atoms with Crippen molar-refractivity contribution in [1.29, 1.82) is 0 Å². The van der Waals surface area contributed by atoms with Crippen LogP contribution in [-0.4, -0.2) is 48.9 Å². The van der Waals surface area contributed by atoms with E-state index in [1.54, 1.807) is 17.0 Å². The van der Waals surface area contributed by atoms with Crippen LogP contribution in [0.5, 0.6) is 0 Å². The van der Waals surface area contributed by atoms with Crippen molar-refractivity contribution >= 4 is 12.3 Å². The lowest BCUT2D eigenvalue weighted by atomic mass is 9.92. The summed E-state index contributed by atoms with van der Waals surface area (Å²) in [4.78, 5) is 24.9. The van der Waals surface area contributed by atoms with Crippen molar-refractivity contribution in [2.75, 3.05) is 26.7 Å². The highest BCUT2D eigenvalue weighted by molar-refractivity contribution is 5.79. The van der Waals surface area contributed by atoms with Crippen molar-refractivity contribution in [1.82, 2.24) is 15.3 Å². The second-order valence-electron chi connectivity index (χ2n) is 5.88. The monoisotopic (exact) mass is 267 g/mol. The predicted octanol–water partition coefficient (Wildman–Crippen LogP) is 1.01. The summed E-state index contributed by atoms with van der Waals surface area (Å²) in [6, 6.07) is 0. The van der Waals surface area contributed by atoms with Crippen LogP contribution in [-0.2, 0) is 9.59 Å². The first-order chi connectivity index (χ1) is 9.20.